The second-order valence-corrected chi connectivity index (χ2v) is 7.30. The number of amides is 1. The molecule has 0 bridgehead atoms. The van der Waals surface area contributed by atoms with Crippen LogP contribution in [-0.4, -0.2) is 35.4 Å². The van der Waals surface area contributed by atoms with E-state index in [1.807, 2.05) is 33.9 Å². The first-order chi connectivity index (χ1) is 10.8. The van der Waals surface area contributed by atoms with Gasteiger partial charge in [0.1, 0.15) is 5.60 Å². The Morgan fingerprint density at radius 1 is 1.39 bits per heavy atom. The van der Waals surface area contributed by atoms with Crippen LogP contribution in [0.25, 0.3) is 0 Å². The van der Waals surface area contributed by atoms with Gasteiger partial charge in [-0.1, -0.05) is 19.1 Å². The third-order valence-electron chi connectivity index (χ3n) is 4.00. The van der Waals surface area contributed by atoms with Crippen LogP contribution in [0.5, 0.6) is 0 Å². The lowest BCUT2D eigenvalue weighted by Gasteiger charge is -2.31. The molecule has 0 saturated carbocycles. The standard InChI is InChI=1S/C19H28N2O2/c1-14-7-6-10-20-15(2)13-17(14)16-8-11-21(12-9-16)18(22)23-19(3,4)5/h6,8,10,13-14H,7,9,11-12H2,1-5H3. The molecule has 0 spiro atoms. The van der Waals surface area contributed by atoms with E-state index < -0.39 is 5.60 Å². The van der Waals surface area contributed by atoms with Crippen molar-refractivity contribution >= 4 is 11.8 Å². The van der Waals surface area contributed by atoms with Gasteiger partial charge in [-0.25, -0.2) is 4.79 Å². The van der Waals surface area contributed by atoms with Crippen LogP contribution in [0.15, 0.2) is 40.6 Å². The van der Waals surface area contributed by atoms with Crippen LogP contribution in [0.2, 0.25) is 0 Å². The summed E-state index contributed by atoms with van der Waals surface area (Å²) in [6.07, 6.45) is 9.99. The first-order valence-corrected chi connectivity index (χ1v) is 8.34. The third kappa shape index (κ3) is 5.08. The summed E-state index contributed by atoms with van der Waals surface area (Å²) >= 11 is 0. The number of allylic oxidation sites excluding steroid dienone is 3. The van der Waals surface area contributed by atoms with Crippen LogP contribution < -0.4 is 0 Å². The van der Waals surface area contributed by atoms with E-state index in [4.69, 9.17) is 4.74 Å². The lowest BCUT2D eigenvalue weighted by atomic mass is 9.87. The Balaban J connectivity index is 2.09. The lowest BCUT2D eigenvalue weighted by molar-refractivity contribution is 0.0266. The fraction of sp³-hybridized carbons (Fsp3) is 0.579. The van der Waals surface area contributed by atoms with E-state index in [2.05, 4.69) is 30.1 Å². The summed E-state index contributed by atoms with van der Waals surface area (Å²) in [5.74, 6) is 0.469. The molecule has 2 heterocycles. The largest absolute Gasteiger partial charge is 0.444 e. The Kier molecular flexibility index (Phi) is 5.45. The van der Waals surface area contributed by atoms with Crippen molar-refractivity contribution in [3.63, 3.8) is 0 Å². The minimum atomic E-state index is -0.447. The fourth-order valence-electron chi connectivity index (χ4n) is 2.80. The molecule has 126 valence electrons. The van der Waals surface area contributed by atoms with Crippen molar-refractivity contribution in [2.75, 3.05) is 13.1 Å². The van der Waals surface area contributed by atoms with E-state index in [1.165, 1.54) is 11.1 Å². The molecule has 0 aliphatic carbocycles. The Hall–Kier alpha value is -1.84. The summed E-state index contributed by atoms with van der Waals surface area (Å²) in [6, 6.07) is 0. The fourth-order valence-corrected chi connectivity index (χ4v) is 2.80. The highest BCUT2D eigenvalue weighted by molar-refractivity contribution is 5.94. The van der Waals surface area contributed by atoms with Gasteiger partial charge in [-0.05, 0) is 63.7 Å². The van der Waals surface area contributed by atoms with Gasteiger partial charge in [0.2, 0.25) is 0 Å². The molecule has 4 nitrogen and oxygen atoms in total. The highest BCUT2D eigenvalue weighted by Gasteiger charge is 2.25. The number of carbonyl (C=O) groups is 1. The van der Waals surface area contributed by atoms with Gasteiger partial charge >= 0.3 is 6.09 Å². The molecule has 0 aromatic carbocycles. The van der Waals surface area contributed by atoms with Gasteiger partial charge in [0, 0.05) is 25.0 Å². The summed E-state index contributed by atoms with van der Waals surface area (Å²) in [6.45, 7) is 11.3. The predicted molar refractivity (Wildman–Crippen MR) is 94.6 cm³/mol. The van der Waals surface area contributed by atoms with Crippen LogP contribution in [0.4, 0.5) is 4.79 Å². The molecule has 1 atom stereocenters. The quantitative estimate of drug-likeness (QED) is 0.715. The number of aliphatic imine (C=N–C) groups is 1. The number of nitrogens with zero attached hydrogens (tertiary/aromatic N) is 2. The highest BCUT2D eigenvalue weighted by atomic mass is 16.6. The zero-order chi connectivity index (χ0) is 17.0. The van der Waals surface area contributed by atoms with Gasteiger partial charge in [0.05, 0.1) is 0 Å². The van der Waals surface area contributed by atoms with E-state index >= 15 is 0 Å². The average Bonchev–Trinajstić information content (AvgIpc) is 2.46. The molecule has 0 aromatic heterocycles. The van der Waals surface area contributed by atoms with E-state index in [0.29, 0.717) is 19.0 Å². The molecule has 0 saturated heterocycles. The number of hydrogen-bond acceptors (Lipinski definition) is 3. The first kappa shape index (κ1) is 17.5. The summed E-state index contributed by atoms with van der Waals surface area (Å²) in [5, 5.41) is 0. The molecule has 2 aliphatic heterocycles. The molecular weight excluding hydrogens is 288 g/mol. The number of hydrogen-bond donors (Lipinski definition) is 0. The van der Waals surface area contributed by atoms with Gasteiger partial charge in [0.15, 0.2) is 0 Å². The highest BCUT2D eigenvalue weighted by Crippen LogP contribution is 2.29. The topological polar surface area (TPSA) is 41.9 Å². The molecule has 1 unspecified atom stereocenters. The third-order valence-corrected chi connectivity index (χ3v) is 4.00. The first-order valence-electron chi connectivity index (χ1n) is 8.34. The van der Waals surface area contributed by atoms with Crippen molar-refractivity contribution in [2.45, 2.75) is 53.1 Å². The van der Waals surface area contributed by atoms with E-state index in [-0.39, 0.29) is 6.09 Å². The minimum Gasteiger partial charge on any atom is -0.444 e. The minimum absolute atomic E-state index is 0.229. The van der Waals surface area contributed by atoms with Crippen molar-refractivity contribution in [2.24, 2.45) is 10.9 Å². The van der Waals surface area contributed by atoms with Crippen LogP contribution in [0.3, 0.4) is 0 Å². The molecule has 0 radical (unpaired) electrons. The number of ether oxygens (including phenoxy) is 1. The molecule has 4 heteroatoms. The van der Waals surface area contributed by atoms with Gasteiger partial charge in [0.25, 0.3) is 0 Å². The monoisotopic (exact) mass is 316 g/mol. The zero-order valence-corrected chi connectivity index (χ0v) is 14.9. The van der Waals surface area contributed by atoms with Gasteiger partial charge in [-0.2, -0.15) is 0 Å². The van der Waals surface area contributed by atoms with E-state index in [0.717, 1.165) is 18.6 Å². The number of rotatable bonds is 1. The van der Waals surface area contributed by atoms with Crippen LogP contribution in [0, 0.1) is 5.92 Å². The molecule has 1 amide bonds. The summed E-state index contributed by atoms with van der Waals surface area (Å²) in [7, 11) is 0. The lowest BCUT2D eigenvalue weighted by Crippen LogP contribution is -2.39. The Morgan fingerprint density at radius 3 is 2.74 bits per heavy atom. The van der Waals surface area contributed by atoms with Crippen LogP contribution in [-0.2, 0) is 4.74 Å². The molecule has 0 aromatic rings. The van der Waals surface area contributed by atoms with Crippen molar-refractivity contribution in [3.8, 4) is 0 Å². The SMILES string of the molecule is CC1=NC=CCC(C)C(C2=CCN(C(=O)OC(C)(C)C)CC2)=C1. The molecule has 0 N–H and O–H groups in total. The Morgan fingerprint density at radius 2 is 2.13 bits per heavy atom. The molecule has 23 heavy (non-hydrogen) atoms. The summed E-state index contributed by atoms with van der Waals surface area (Å²) in [4.78, 5) is 18.3. The summed E-state index contributed by atoms with van der Waals surface area (Å²) < 4.78 is 5.45. The maximum absolute atomic E-state index is 12.1. The second kappa shape index (κ2) is 7.16. The van der Waals surface area contributed by atoms with E-state index in [1.54, 1.807) is 4.90 Å². The van der Waals surface area contributed by atoms with Gasteiger partial charge in [-0.15, -0.1) is 0 Å². The average molecular weight is 316 g/mol. The van der Waals surface area contributed by atoms with Crippen molar-refractivity contribution in [3.05, 3.63) is 35.6 Å². The summed E-state index contributed by atoms with van der Waals surface area (Å²) in [5.41, 5.74) is 3.26. The molecule has 0 fully saturated rings. The predicted octanol–water partition coefficient (Wildman–Crippen LogP) is 4.49. The van der Waals surface area contributed by atoms with Crippen LogP contribution in [0.1, 0.15) is 47.5 Å². The molecular formula is C19H28N2O2. The smallest absolute Gasteiger partial charge is 0.410 e. The van der Waals surface area contributed by atoms with Gasteiger partial charge in [-0.3, -0.25) is 4.99 Å². The Bertz CT molecular complexity index is 577. The van der Waals surface area contributed by atoms with E-state index in [9.17, 15) is 4.79 Å². The molecule has 2 aliphatic rings. The zero-order valence-electron chi connectivity index (χ0n) is 14.9. The molecule has 2 rings (SSSR count). The maximum atomic E-state index is 12.1. The second-order valence-electron chi connectivity index (χ2n) is 7.30. The Labute approximate surface area is 139 Å². The maximum Gasteiger partial charge on any atom is 0.410 e. The van der Waals surface area contributed by atoms with Crippen molar-refractivity contribution in [1.29, 1.82) is 0 Å². The van der Waals surface area contributed by atoms with Crippen molar-refractivity contribution < 1.29 is 9.53 Å². The number of carbonyl (C=O) groups excluding carboxylic acids is 1. The van der Waals surface area contributed by atoms with Gasteiger partial charge < -0.3 is 9.64 Å². The van der Waals surface area contributed by atoms with Crippen molar-refractivity contribution in [1.82, 2.24) is 4.90 Å². The normalized spacial score (nSPS) is 22.6. The van der Waals surface area contributed by atoms with Crippen LogP contribution >= 0.6 is 0 Å².